The molecule has 0 saturated carbocycles. The minimum absolute atomic E-state index is 0.163. The molecule has 0 atom stereocenters. The van der Waals surface area contributed by atoms with Crippen molar-refractivity contribution in [3.8, 4) is 5.75 Å². The smallest absolute Gasteiger partial charge is 0.276 e. The number of hydrogen-bond donors (Lipinski definition) is 0. The lowest BCUT2D eigenvalue weighted by molar-refractivity contribution is 0.0772. The number of hydrogen-bond acceptors (Lipinski definition) is 5. The Morgan fingerprint density at radius 2 is 2.03 bits per heavy atom. The third-order valence-corrected chi connectivity index (χ3v) is 5.17. The van der Waals surface area contributed by atoms with Crippen LogP contribution in [-0.2, 0) is 19.7 Å². The number of aryl methyl sites for hydroxylation is 3. The van der Waals surface area contributed by atoms with Gasteiger partial charge in [-0.15, -0.1) is 0 Å². The lowest BCUT2D eigenvalue weighted by atomic mass is 10.1. The molecule has 0 bridgehead atoms. The van der Waals surface area contributed by atoms with E-state index >= 15 is 0 Å². The zero-order valence-electron chi connectivity index (χ0n) is 17.3. The molecule has 7 nitrogen and oxygen atoms in total. The van der Waals surface area contributed by atoms with Gasteiger partial charge in [0, 0.05) is 36.4 Å². The predicted octanol–water partition coefficient (Wildman–Crippen LogP) is 4.32. The van der Waals surface area contributed by atoms with E-state index in [1.165, 1.54) is 0 Å². The number of rotatable bonds is 7. The second-order valence-corrected chi connectivity index (χ2v) is 7.37. The van der Waals surface area contributed by atoms with Gasteiger partial charge in [-0.2, -0.15) is 5.10 Å². The van der Waals surface area contributed by atoms with E-state index in [4.69, 9.17) is 20.9 Å². The van der Waals surface area contributed by atoms with E-state index in [1.54, 1.807) is 43.1 Å². The standard InChI is InChI=1S/C21H25ClN4O3/c1-6-26-14(3)18(13(2)23-26)11-25(5)21(27)20-19(15(4)29-24-20)12-28-17-9-7-8-16(22)10-17/h7-10H,6,11-12H2,1-5H3. The van der Waals surface area contributed by atoms with Gasteiger partial charge in [-0.25, -0.2) is 0 Å². The van der Waals surface area contributed by atoms with Crippen LogP contribution in [0.1, 0.15) is 45.7 Å². The summed E-state index contributed by atoms with van der Waals surface area (Å²) in [7, 11) is 1.75. The van der Waals surface area contributed by atoms with Crippen molar-refractivity contribution in [2.75, 3.05) is 7.05 Å². The van der Waals surface area contributed by atoms with Crippen molar-refractivity contribution in [1.29, 1.82) is 0 Å². The Bertz CT molecular complexity index is 1030. The second-order valence-electron chi connectivity index (χ2n) is 6.94. The molecule has 2 aromatic heterocycles. The molecule has 3 aromatic rings. The molecule has 0 radical (unpaired) electrons. The third-order valence-electron chi connectivity index (χ3n) is 4.94. The zero-order chi connectivity index (χ0) is 21.1. The zero-order valence-corrected chi connectivity index (χ0v) is 18.1. The van der Waals surface area contributed by atoms with Gasteiger partial charge in [0.05, 0.1) is 11.3 Å². The Morgan fingerprint density at radius 3 is 2.69 bits per heavy atom. The van der Waals surface area contributed by atoms with Crippen LogP contribution in [0.25, 0.3) is 0 Å². The summed E-state index contributed by atoms with van der Waals surface area (Å²) < 4.78 is 13.0. The monoisotopic (exact) mass is 416 g/mol. The first-order chi connectivity index (χ1) is 13.8. The van der Waals surface area contributed by atoms with Crippen LogP contribution >= 0.6 is 11.6 Å². The van der Waals surface area contributed by atoms with Crippen LogP contribution in [0.3, 0.4) is 0 Å². The van der Waals surface area contributed by atoms with Crippen LogP contribution in [0.4, 0.5) is 0 Å². The van der Waals surface area contributed by atoms with Crippen molar-refractivity contribution in [2.24, 2.45) is 0 Å². The number of carbonyl (C=O) groups is 1. The van der Waals surface area contributed by atoms with E-state index in [-0.39, 0.29) is 18.2 Å². The summed E-state index contributed by atoms with van der Waals surface area (Å²) in [6, 6.07) is 7.10. The summed E-state index contributed by atoms with van der Waals surface area (Å²) in [4.78, 5) is 14.7. The van der Waals surface area contributed by atoms with Crippen LogP contribution in [0.2, 0.25) is 5.02 Å². The molecule has 3 rings (SSSR count). The molecule has 29 heavy (non-hydrogen) atoms. The molecular formula is C21H25ClN4O3. The van der Waals surface area contributed by atoms with Gasteiger partial charge in [-0.3, -0.25) is 9.48 Å². The molecule has 1 aromatic carbocycles. The fraction of sp³-hybridized carbons (Fsp3) is 0.381. The van der Waals surface area contributed by atoms with Gasteiger partial charge < -0.3 is 14.2 Å². The molecular weight excluding hydrogens is 392 g/mol. The molecule has 154 valence electrons. The number of halogens is 1. The van der Waals surface area contributed by atoms with Crippen LogP contribution in [0, 0.1) is 20.8 Å². The van der Waals surface area contributed by atoms with E-state index in [0.717, 1.165) is 23.5 Å². The first kappa shape index (κ1) is 20.9. The van der Waals surface area contributed by atoms with Crippen LogP contribution in [0.15, 0.2) is 28.8 Å². The van der Waals surface area contributed by atoms with E-state index < -0.39 is 0 Å². The highest BCUT2D eigenvalue weighted by Gasteiger charge is 2.25. The van der Waals surface area contributed by atoms with Gasteiger partial charge >= 0.3 is 0 Å². The minimum Gasteiger partial charge on any atom is -0.489 e. The van der Waals surface area contributed by atoms with Crippen LogP contribution in [-0.4, -0.2) is 32.8 Å². The van der Waals surface area contributed by atoms with Gasteiger partial charge in [-0.05, 0) is 45.9 Å². The van der Waals surface area contributed by atoms with Crippen LogP contribution in [0.5, 0.6) is 5.75 Å². The predicted molar refractivity (Wildman–Crippen MR) is 110 cm³/mol. The minimum atomic E-state index is -0.227. The average molecular weight is 417 g/mol. The second kappa shape index (κ2) is 8.69. The van der Waals surface area contributed by atoms with Gasteiger partial charge in [0.15, 0.2) is 5.69 Å². The number of carbonyl (C=O) groups excluding carboxylic acids is 1. The first-order valence-electron chi connectivity index (χ1n) is 9.43. The van der Waals surface area contributed by atoms with Crippen molar-refractivity contribution in [2.45, 2.75) is 47.4 Å². The molecule has 0 N–H and O–H groups in total. The Morgan fingerprint density at radius 1 is 1.28 bits per heavy atom. The summed E-state index contributed by atoms with van der Waals surface area (Å²) in [5.74, 6) is 0.938. The normalized spacial score (nSPS) is 11.0. The maximum atomic E-state index is 13.0. The molecule has 2 heterocycles. The summed E-state index contributed by atoms with van der Waals surface area (Å²) in [6.07, 6.45) is 0. The number of ether oxygens (including phenoxy) is 1. The molecule has 0 aliphatic heterocycles. The topological polar surface area (TPSA) is 73.4 Å². The highest BCUT2D eigenvalue weighted by Crippen LogP contribution is 2.22. The van der Waals surface area contributed by atoms with Crippen molar-refractivity contribution in [3.63, 3.8) is 0 Å². The summed E-state index contributed by atoms with van der Waals surface area (Å²) in [5.41, 5.74) is 3.90. The highest BCUT2D eigenvalue weighted by molar-refractivity contribution is 6.30. The molecule has 0 aliphatic carbocycles. The fourth-order valence-corrected chi connectivity index (χ4v) is 3.38. The Hall–Kier alpha value is -2.80. The highest BCUT2D eigenvalue weighted by atomic mass is 35.5. The van der Waals surface area contributed by atoms with Crippen molar-refractivity contribution in [3.05, 3.63) is 63.3 Å². The van der Waals surface area contributed by atoms with E-state index in [9.17, 15) is 4.79 Å². The molecule has 0 aliphatic rings. The summed E-state index contributed by atoms with van der Waals surface area (Å²) >= 11 is 6.00. The van der Waals surface area contributed by atoms with Gasteiger partial charge in [0.2, 0.25) is 0 Å². The first-order valence-corrected chi connectivity index (χ1v) is 9.81. The lowest BCUT2D eigenvalue weighted by Gasteiger charge is -2.17. The molecule has 1 amide bonds. The van der Waals surface area contributed by atoms with Crippen molar-refractivity contribution >= 4 is 17.5 Å². The number of amides is 1. The number of benzene rings is 1. The maximum absolute atomic E-state index is 13.0. The lowest BCUT2D eigenvalue weighted by Crippen LogP contribution is -2.28. The quantitative estimate of drug-likeness (QED) is 0.573. The largest absolute Gasteiger partial charge is 0.489 e. The van der Waals surface area contributed by atoms with E-state index in [2.05, 4.69) is 10.3 Å². The van der Waals surface area contributed by atoms with E-state index in [1.807, 2.05) is 25.5 Å². The fourth-order valence-electron chi connectivity index (χ4n) is 3.20. The average Bonchev–Trinajstić information content (AvgIpc) is 3.19. The third kappa shape index (κ3) is 4.45. The van der Waals surface area contributed by atoms with Gasteiger partial charge in [-0.1, -0.05) is 22.8 Å². The van der Waals surface area contributed by atoms with Gasteiger partial charge in [0.1, 0.15) is 18.1 Å². The summed E-state index contributed by atoms with van der Waals surface area (Å²) in [5, 5.41) is 9.08. The summed E-state index contributed by atoms with van der Waals surface area (Å²) in [6.45, 7) is 9.17. The van der Waals surface area contributed by atoms with Gasteiger partial charge in [0.25, 0.3) is 5.91 Å². The molecule has 0 unspecified atom stereocenters. The Balaban J connectivity index is 1.76. The van der Waals surface area contributed by atoms with Crippen molar-refractivity contribution in [1.82, 2.24) is 19.8 Å². The molecule has 0 fully saturated rings. The molecule has 0 saturated heterocycles. The Labute approximate surface area is 175 Å². The SMILES string of the molecule is CCn1nc(C)c(CN(C)C(=O)c2noc(C)c2COc2cccc(Cl)c2)c1C. The Kier molecular flexibility index (Phi) is 6.27. The maximum Gasteiger partial charge on any atom is 0.276 e. The van der Waals surface area contributed by atoms with Crippen molar-refractivity contribution < 1.29 is 14.1 Å². The molecule has 0 spiro atoms. The van der Waals surface area contributed by atoms with Crippen LogP contribution < -0.4 is 4.74 Å². The van der Waals surface area contributed by atoms with E-state index in [0.29, 0.717) is 28.6 Å². The molecule has 8 heteroatoms. The number of nitrogens with zero attached hydrogens (tertiary/aromatic N) is 4. The number of aromatic nitrogens is 3.